The van der Waals surface area contributed by atoms with Crippen LogP contribution in [-0.2, 0) is 5.41 Å². The molecule has 27 heavy (non-hydrogen) atoms. The first kappa shape index (κ1) is 16.8. The Bertz CT molecular complexity index is 1110. The normalized spacial score (nSPS) is 18.6. The van der Waals surface area contributed by atoms with Gasteiger partial charge in [-0.25, -0.2) is 0 Å². The maximum absolute atomic E-state index is 4.15. The number of hydrogen-bond acceptors (Lipinski definition) is 0. The first-order valence-electron chi connectivity index (χ1n) is 9.22. The second-order valence-corrected chi connectivity index (χ2v) is 8.48. The van der Waals surface area contributed by atoms with Crippen molar-refractivity contribution < 1.29 is 0 Å². The Morgan fingerprint density at radius 2 is 1.22 bits per heavy atom. The molecule has 1 spiro atoms. The summed E-state index contributed by atoms with van der Waals surface area (Å²) in [5, 5.41) is 0. The fourth-order valence-corrected chi connectivity index (χ4v) is 5.35. The van der Waals surface area contributed by atoms with Gasteiger partial charge in [0.15, 0.2) is 0 Å². The van der Waals surface area contributed by atoms with Crippen LogP contribution in [0.4, 0.5) is 0 Å². The predicted octanol–water partition coefficient (Wildman–Crippen LogP) is 7.29. The van der Waals surface area contributed by atoms with Crippen molar-refractivity contribution in [1.82, 2.24) is 0 Å². The Morgan fingerprint density at radius 3 is 1.70 bits per heavy atom. The molecular weight excluding hydrogens is 439 g/mol. The van der Waals surface area contributed by atoms with Gasteiger partial charge in [0, 0.05) is 3.58 Å². The molecule has 0 aromatic heterocycles. The lowest BCUT2D eigenvalue weighted by atomic mass is 9.70. The molecule has 130 valence electrons. The Morgan fingerprint density at radius 1 is 0.778 bits per heavy atom. The molecule has 0 fully saturated rings. The maximum atomic E-state index is 4.15. The largest absolute Gasteiger partial charge is 0.0856 e. The zero-order chi connectivity index (χ0) is 18.6. The van der Waals surface area contributed by atoms with Crippen LogP contribution in [0.15, 0.2) is 101 Å². The smallest absolute Gasteiger partial charge is 0.0722 e. The summed E-state index contributed by atoms with van der Waals surface area (Å²) in [7, 11) is 0. The summed E-state index contributed by atoms with van der Waals surface area (Å²) in [5.41, 5.74) is 10.6. The minimum atomic E-state index is -0.240. The van der Waals surface area contributed by atoms with E-state index >= 15 is 0 Å². The molecular formula is C26H19I. The van der Waals surface area contributed by atoms with E-state index in [1.807, 2.05) is 0 Å². The quantitative estimate of drug-likeness (QED) is 0.336. The lowest BCUT2D eigenvalue weighted by Crippen LogP contribution is -2.25. The average molecular weight is 458 g/mol. The Kier molecular flexibility index (Phi) is 3.76. The molecule has 0 saturated carbocycles. The Labute approximate surface area is 174 Å². The molecule has 0 nitrogen and oxygen atoms in total. The number of allylic oxidation sites excluding steroid dienone is 5. The van der Waals surface area contributed by atoms with Gasteiger partial charge in [0.05, 0.1) is 5.41 Å². The number of hydrogen-bond donors (Lipinski definition) is 0. The van der Waals surface area contributed by atoms with Gasteiger partial charge >= 0.3 is 0 Å². The first-order valence-corrected chi connectivity index (χ1v) is 10.3. The van der Waals surface area contributed by atoms with Crippen LogP contribution in [0.1, 0.15) is 29.2 Å². The van der Waals surface area contributed by atoms with Crippen LogP contribution in [0.5, 0.6) is 0 Å². The van der Waals surface area contributed by atoms with Crippen LogP contribution in [0.2, 0.25) is 0 Å². The maximum Gasteiger partial charge on any atom is 0.0722 e. The Balaban J connectivity index is 1.99. The Hall–Kier alpha value is -2.39. The molecule has 0 bridgehead atoms. The van der Waals surface area contributed by atoms with E-state index in [2.05, 4.69) is 121 Å². The minimum Gasteiger partial charge on any atom is -0.0856 e. The monoisotopic (exact) mass is 458 g/mol. The van der Waals surface area contributed by atoms with E-state index in [0.29, 0.717) is 0 Å². The van der Waals surface area contributed by atoms with Crippen LogP contribution >= 0.6 is 22.6 Å². The molecule has 2 aliphatic rings. The van der Waals surface area contributed by atoms with Gasteiger partial charge in [-0.1, -0.05) is 85.5 Å². The van der Waals surface area contributed by atoms with Crippen molar-refractivity contribution in [2.75, 3.05) is 0 Å². The fraction of sp³-hybridized carbons (Fsp3) is 0.0769. The summed E-state index contributed by atoms with van der Waals surface area (Å²) >= 11 is 2.31. The number of halogens is 1. The lowest BCUT2D eigenvalue weighted by Gasteiger charge is -2.30. The molecule has 0 radical (unpaired) electrons. The van der Waals surface area contributed by atoms with E-state index in [9.17, 15) is 0 Å². The third kappa shape index (κ3) is 2.09. The van der Waals surface area contributed by atoms with Crippen molar-refractivity contribution >= 4 is 28.2 Å². The zero-order valence-electron chi connectivity index (χ0n) is 15.2. The molecule has 3 aromatic rings. The zero-order valence-corrected chi connectivity index (χ0v) is 17.3. The van der Waals surface area contributed by atoms with Crippen molar-refractivity contribution in [2.45, 2.75) is 12.3 Å². The van der Waals surface area contributed by atoms with Crippen LogP contribution < -0.4 is 0 Å². The lowest BCUT2D eigenvalue weighted by molar-refractivity contribution is 0.793. The highest BCUT2D eigenvalue weighted by molar-refractivity contribution is 14.1. The van der Waals surface area contributed by atoms with Gasteiger partial charge in [-0.05, 0) is 80.1 Å². The van der Waals surface area contributed by atoms with E-state index in [1.54, 1.807) is 0 Å². The van der Waals surface area contributed by atoms with Crippen molar-refractivity contribution in [2.24, 2.45) is 0 Å². The molecule has 0 aliphatic heterocycles. The van der Waals surface area contributed by atoms with Crippen LogP contribution in [0.3, 0.4) is 0 Å². The van der Waals surface area contributed by atoms with Gasteiger partial charge in [-0.3, -0.25) is 0 Å². The van der Waals surface area contributed by atoms with E-state index < -0.39 is 0 Å². The van der Waals surface area contributed by atoms with Gasteiger partial charge in [0.2, 0.25) is 0 Å². The summed E-state index contributed by atoms with van der Waals surface area (Å²) in [6, 6.07) is 26.6. The van der Waals surface area contributed by atoms with Crippen molar-refractivity contribution in [1.29, 1.82) is 0 Å². The van der Waals surface area contributed by atoms with Gasteiger partial charge in [-0.15, -0.1) is 0 Å². The predicted molar refractivity (Wildman–Crippen MR) is 123 cm³/mol. The van der Waals surface area contributed by atoms with Gasteiger partial charge in [0.1, 0.15) is 0 Å². The van der Waals surface area contributed by atoms with Gasteiger partial charge in [0.25, 0.3) is 0 Å². The molecule has 0 amide bonds. The summed E-state index contributed by atoms with van der Waals surface area (Å²) in [5.74, 6) is 0. The van der Waals surface area contributed by atoms with Crippen LogP contribution in [-0.4, -0.2) is 0 Å². The highest BCUT2D eigenvalue weighted by atomic mass is 127. The summed E-state index contributed by atoms with van der Waals surface area (Å²) < 4.78 is 1.05. The van der Waals surface area contributed by atoms with Crippen molar-refractivity contribution in [3.63, 3.8) is 0 Å². The highest BCUT2D eigenvalue weighted by Gasteiger charge is 2.52. The summed E-state index contributed by atoms with van der Waals surface area (Å²) in [4.78, 5) is 0. The fourth-order valence-electron chi connectivity index (χ4n) is 5.04. The summed E-state index contributed by atoms with van der Waals surface area (Å²) in [6.45, 7) is 6.31. The molecule has 3 aromatic carbocycles. The van der Waals surface area contributed by atoms with E-state index in [-0.39, 0.29) is 5.41 Å². The molecule has 0 atom stereocenters. The first-order chi connectivity index (χ1) is 13.2. The van der Waals surface area contributed by atoms with Crippen LogP contribution in [0.25, 0.3) is 16.7 Å². The number of fused-ring (bicyclic) bond motifs is 7. The topological polar surface area (TPSA) is 0 Å². The third-order valence-electron chi connectivity index (χ3n) is 5.86. The molecule has 0 heterocycles. The van der Waals surface area contributed by atoms with Crippen molar-refractivity contribution in [3.8, 4) is 11.1 Å². The second-order valence-electron chi connectivity index (χ2n) is 7.09. The van der Waals surface area contributed by atoms with Crippen LogP contribution in [0, 0.1) is 0 Å². The molecule has 0 N–H and O–H groups in total. The highest BCUT2D eigenvalue weighted by Crippen LogP contribution is 2.63. The molecule has 1 heteroatoms. The van der Waals surface area contributed by atoms with Crippen molar-refractivity contribution in [3.05, 3.63) is 123 Å². The SMILES string of the molecule is C=C(I)/C=C1\C(=C/C)C2(c3ccccc31)c1ccccc1-c1ccccc12. The standard InChI is InChI=1S/C26H19I/c1-3-22-21(16-17(2)27)20-12-6-9-15-25(20)26(22)23-13-7-4-10-18(23)19-11-5-8-14-24(19)26/h3-16H,2H2,1H3/b21-16-,22-3+. The van der Waals surface area contributed by atoms with Gasteiger partial charge in [-0.2, -0.15) is 0 Å². The molecule has 0 saturated heterocycles. The van der Waals surface area contributed by atoms with E-state index in [4.69, 9.17) is 0 Å². The second kappa shape index (κ2) is 6.07. The number of rotatable bonds is 1. The third-order valence-corrected chi connectivity index (χ3v) is 6.17. The average Bonchev–Trinajstić information content (AvgIpc) is 3.14. The van der Waals surface area contributed by atoms with E-state index in [1.165, 1.54) is 44.5 Å². The van der Waals surface area contributed by atoms with E-state index in [0.717, 1.165) is 3.58 Å². The molecule has 0 unspecified atom stereocenters. The summed E-state index contributed by atoms with van der Waals surface area (Å²) in [6.07, 6.45) is 4.53. The molecule has 5 rings (SSSR count). The van der Waals surface area contributed by atoms with Gasteiger partial charge < -0.3 is 0 Å². The molecule has 2 aliphatic carbocycles. The minimum absolute atomic E-state index is 0.240. The number of benzene rings is 3.